The number of carbonyl (C=O) groups is 2. The highest BCUT2D eigenvalue weighted by Gasteiger charge is 2.17. The third kappa shape index (κ3) is 4.81. The van der Waals surface area contributed by atoms with Gasteiger partial charge in [-0.2, -0.15) is 5.26 Å². The van der Waals surface area contributed by atoms with Crippen LogP contribution in [0.1, 0.15) is 29.2 Å². The molecule has 0 aliphatic carbocycles. The molecule has 2 aromatic carbocycles. The number of hydrogen-bond donors (Lipinski definition) is 0. The molecule has 0 heterocycles. The van der Waals surface area contributed by atoms with Crippen molar-refractivity contribution in [2.24, 2.45) is 0 Å². The molecule has 26 heavy (non-hydrogen) atoms. The van der Waals surface area contributed by atoms with E-state index < -0.39 is 11.8 Å². The lowest BCUT2D eigenvalue weighted by atomic mass is 10.1. The molecule has 0 fully saturated rings. The summed E-state index contributed by atoms with van der Waals surface area (Å²) in [5.41, 5.74) is 2.80. The molecule has 5 heteroatoms. The molecule has 2 rings (SSSR count). The van der Waals surface area contributed by atoms with Crippen molar-refractivity contribution >= 4 is 17.8 Å². The molecule has 0 saturated carbocycles. The summed E-state index contributed by atoms with van der Waals surface area (Å²) in [4.78, 5) is 24.3. The summed E-state index contributed by atoms with van der Waals surface area (Å²) in [6.45, 7) is 3.35. The van der Waals surface area contributed by atoms with Gasteiger partial charge in [0.1, 0.15) is 17.9 Å². The molecule has 0 bridgehead atoms. The van der Waals surface area contributed by atoms with E-state index in [0.717, 1.165) is 11.1 Å². The van der Waals surface area contributed by atoms with Crippen LogP contribution < -0.4 is 4.74 Å². The molecular weight excluding hydrogens is 330 g/mol. The topological polar surface area (TPSA) is 76.4 Å². The lowest BCUT2D eigenvalue weighted by molar-refractivity contribution is -0.141. The lowest BCUT2D eigenvalue weighted by Gasteiger charge is -2.09. The number of nitriles is 1. The number of nitrogens with zero attached hydrogens (tertiary/aromatic N) is 1. The first-order chi connectivity index (χ1) is 12.4. The molecule has 2 aromatic rings. The molecule has 0 N–H and O–H groups in total. The number of esters is 1. The van der Waals surface area contributed by atoms with E-state index in [1.807, 2.05) is 37.3 Å². The number of benzene rings is 2. The quantitative estimate of drug-likeness (QED) is 0.345. The molecule has 0 amide bonds. The minimum Gasteiger partial charge on any atom is -0.496 e. The second-order valence-electron chi connectivity index (χ2n) is 5.74. The van der Waals surface area contributed by atoms with Crippen molar-refractivity contribution in [3.05, 3.63) is 70.3 Å². The zero-order chi connectivity index (χ0) is 19.1. The molecule has 0 radical (unpaired) electrons. The van der Waals surface area contributed by atoms with Gasteiger partial charge in [0.2, 0.25) is 0 Å². The van der Waals surface area contributed by atoms with Crippen LogP contribution in [-0.2, 0) is 20.9 Å². The van der Waals surface area contributed by atoms with Gasteiger partial charge in [0.05, 0.1) is 18.7 Å². The molecule has 0 aliphatic rings. The number of rotatable bonds is 6. The maximum Gasteiger partial charge on any atom is 0.342 e. The van der Waals surface area contributed by atoms with Gasteiger partial charge in [-0.1, -0.05) is 29.8 Å². The van der Waals surface area contributed by atoms with Crippen LogP contribution in [0, 0.1) is 18.3 Å². The van der Waals surface area contributed by atoms with Crippen LogP contribution in [-0.4, -0.2) is 18.9 Å². The van der Waals surface area contributed by atoms with Gasteiger partial charge in [0, 0.05) is 5.56 Å². The van der Waals surface area contributed by atoms with E-state index in [1.54, 1.807) is 18.2 Å². The predicted molar refractivity (Wildman–Crippen MR) is 97.3 cm³/mol. The molecule has 0 unspecified atom stereocenters. The SMILES string of the molecule is COc1cc(C#N)ccc1C=C(C(C)=O)C(=O)OCc1ccc(C)cc1. The maximum atomic E-state index is 12.3. The third-order valence-corrected chi connectivity index (χ3v) is 3.75. The smallest absolute Gasteiger partial charge is 0.342 e. The van der Waals surface area contributed by atoms with Crippen LogP contribution >= 0.6 is 0 Å². The number of ketones is 1. The zero-order valence-corrected chi connectivity index (χ0v) is 14.9. The van der Waals surface area contributed by atoms with Crippen molar-refractivity contribution in [1.82, 2.24) is 0 Å². The minimum absolute atomic E-state index is 0.0776. The van der Waals surface area contributed by atoms with Gasteiger partial charge in [0.25, 0.3) is 0 Å². The van der Waals surface area contributed by atoms with Crippen LogP contribution in [0.2, 0.25) is 0 Å². The van der Waals surface area contributed by atoms with Crippen molar-refractivity contribution in [1.29, 1.82) is 5.26 Å². The normalized spacial score (nSPS) is 10.8. The first-order valence-electron chi connectivity index (χ1n) is 7.98. The molecular formula is C21H19NO4. The largest absolute Gasteiger partial charge is 0.496 e. The fourth-order valence-corrected chi connectivity index (χ4v) is 2.27. The highest BCUT2D eigenvalue weighted by Crippen LogP contribution is 2.23. The lowest BCUT2D eigenvalue weighted by Crippen LogP contribution is -2.13. The molecule has 5 nitrogen and oxygen atoms in total. The summed E-state index contributed by atoms with van der Waals surface area (Å²) in [5, 5.41) is 8.95. The van der Waals surface area contributed by atoms with E-state index in [9.17, 15) is 9.59 Å². The Balaban J connectivity index is 2.23. The summed E-state index contributed by atoms with van der Waals surface area (Å²) in [6.07, 6.45) is 1.42. The summed E-state index contributed by atoms with van der Waals surface area (Å²) in [6, 6.07) is 14.3. The van der Waals surface area contributed by atoms with Crippen molar-refractivity contribution < 1.29 is 19.1 Å². The van der Waals surface area contributed by atoms with E-state index in [0.29, 0.717) is 16.9 Å². The summed E-state index contributed by atoms with van der Waals surface area (Å²) in [7, 11) is 1.46. The van der Waals surface area contributed by atoms with Gasteiger partial charge in [-0.25, -0.2) is 4.79 Å². The van der Waals surface area contributed by atoms with Crippen LogP contribution in [0.3, 0.4) is 0 Å². The van der Waals surface area contributed by atoms with Crippen LogP contribution in [0.25, 0.3) is 6.08 Å². The highest BCUT2D eigenvalue weighted by atomic mass is 16.5. The molecule has 0 atom stereocenters. The van der Waals surface area contributed by atoms with Crippen LogP contribution in [0.5, 0.6) is 5.75 Å². The minimum atomic E-state index is -0.704. The highest BCUT2D eigenvalue weighted by molar-refractivity contribution is 6.19. The first kappa shape index (κ1) is 18.9. The Morgan fingerprint density at radius 2 is 1.85 bits per heavy atom. The van der Waals surface area contributed by atoms with Gasteiger partial charge >= 0.3 is 5.97 Å². The Kier molecular flexibility index (Phi) is 6.29. The van der Waals surface area contributed by atoms with Crippen LogP contribution in [0.15, 0.2) is 48.0 Å². The van der Waals surface area contributed by atoms with Crippen molar-refractivity contribution in [2.75, 3.05) is 7.11 Å². The Morgan fingerprint density at radius 1 is 1.15 bits per heavy atom. The van der Waals surface area contributed by atoms with Crippen molar-refractivity contribution in [3.8, 4) is 11.8 Å². The van der Waals surface area contributed by atoms with E-state index >= 15 is 0 Å². The zero-order valence-electron chi connectivity index (χ0n) is 14.9. The third-order valence-electron chi connectivity index (χ3n) is 3.75. The molecule has 0 aromatic heterocycles. The predicted octanol–water partition coefficient (Wildman–Crippen LogP) is 3.59. The number of carbonyl (C=O) groups excluding carboxylic acids is 2. The van der Waals surface area contributed by atoms with E-state index in [2.05, 4.69) is 0 Å². The average Bonchev–Trinajstić information content (AvgIpc) is 2.65. The van der Waals surface area contributed by atoms with E-state index in [-0.39, 0.29) is 12.2 Å². The van der Waals surface area contributed by atoms with Gasteiger partial charge in [-0.05, 0) is 43.7 Å². The van der Waals surface area contributed by atoms with Crippen molar-refractivity contribution in [2.45, 2.75) is 20.5 Å². The number of Topliss-reactive ketones (excluding diaryl/α,β-unsaturated/α-hetero) is 1. The van der Waals surface area contributed by atoms with Gasteiger partial charge in [-0.3, -0.25) is 4.79 Å². The number of hydrogen-bond acceptors (Lipinski definition) is 5. The maximum absolute atomic E-state index is 12.3. The van der Waals surface area contributed by atoms with Gasteiger partial charge in [-0.15, -0.1) is 0 Å². The second-order valence-corrected chi connectivity index (χ2v) is 5.74. The van der Waals surface area contributed by atoms with E-state index in [4.69, 9.17) is 14.7 Å². The van der Waals surface area contributed by atoms with Gasteiger partial charge in [0.15, 0.2) is 5.78 Å². The molecule has 132 valence electrons. The fraction of sp³-hybridized carbons (Fsp3) is 0.190. The first-order valence-corrected chi connectivity index (χ1v) is 7.98. The fourth-order valence-electron chi connectivity index (χ4n) is 2.27. The number of ether oxygens (including phenoxy) is 2. The average molecular weight is 349 g/mol. The Hall–Kier alpha value is -3.39. The molecule has 0 saturated heterocycles. The summed E-state index contributed by atoms with van der Waals surface area (Å²) in [5.74, 6) is -0.719. The standard InChI is InChI=1S/C21H19NO4/c1-14-4-6-16(7-5-14)13-26-21(24)19(15(2)23)11-18-9-8-17(12-22)10-20(18)25-3/h4-11H,13H2,1-3H3. The summed E-state index contributed by atoms with van der Waals surface area (Å²) >= 11 is 0. The Labute approximate surface area is 152 Å². The monoisotopic (exact) mass is 349 g/mol. The molecule has 0 spiro atoms. The van der Waals surface area contributed by atoms with Gasteiger partial charge < -0.3 is 9.47 Å². The van der Waals surface area contributed by atoms with Crippen LogP contribution in [0.4, 0.5) is 0 Å². The second kappa shape index (κ2) is 8.63. The Morgan fingerprint density at radius 3 is 2.42 bits per heavy atom. The van der Waals surface area contributed by atoms with Crippen molar-refractivity contribution in [3.63, 3.8) is 0 Å². The number of methoxy groups -OCH3 is 1. The molecule has 0 aliphatic heterocycles. The number of aryl methyl sites for hydroxylation is 1. The van der Waals surface area contributed by atoms with E-state index in [1.165, 1.54) is 20.1 Å². The Bertz CT molecular complexity index is 889. The summed E-state index contributed by atoms with van der Waals surface area (Å²) < 4.78 is 10.5.